The minimum atomic E-state index is -0.765. The highest BCUT2D eigenvalue weighted by Crippen LogP contribution is 2.41. The van der Waals surface area contributed by atoms with E-state index in [2.05, 4.69) is 43.0 Å². The first-order valence-corrected chi connectivity index (χ1v) is 10.7. The molecular weight excluding hydrogens is 384 g/mol. The quantitative estimate of drug-likeness (QED) is 0.412. The zero-order valence-corrected chi connectivity index (χ0v) is 17.8. The third-order valence-electron chi connectivity index (χ3n) is 5.51. The molecular formula is C28H28O3. The van der Waals surface area contributed by atoms with Crippen molar-refractivity contribution in [2.45, 2.75) is 24.9 Å². The Bertz CT molecular complexity index is 900. The van der Waals surface area contributed by atoms with Crippen LogP contribution in [0.5, 0.6) is 0 Å². The Morgan fingerprint density at radius 2 is 1.32 bits per heavy atom. The number of rotatable bonds is 9. The van der Waals surface area contributed by atoms with E-state index in [9.17, 15) is 0 Å². The normalized spacial score (nSPS) is 18.5. The number of ether oxygens (including phenoxy) is 3. The second kappa shape index (κ2) is 9.88. The van der Waals surface area contributed by atoms with E-state index in [1.807, 2.05) is 67.6 Å². The van der Waals surface area contributed by atoms with Crippen LogP contribution in [0.2, 0.25) is 0 Å². The fraction of sp³-hybridized carbons (Fsp3) is 0.214. The Hall–Kier alpha value is -2.98. The molecule has 31 heavy (non-hydrogen) atoms. The number of hydrogen-bond acceptors (Lipinski definition) is 3. The van der Waals surface area contributed by atoms with E-state index in [0.29, 0.717) is 13.2 Å². The molecule has 0 N–H and O–H groups in total. The van der Waals surface area contributed by atoms with Gasteiger partial charge in [0, 0.05) is 12.2 Å². The van der Waals surface area contributed by atoms with Gasteiger partial charge in [0.15, 0.2) is 6.29 Å². The molecule has 0 saturated carbocycles. The van der Waals surface area contributed by atoms with Gasteiger partial charge in [0.1, 0.15) is 11.7 Å². The van der Waals surface area contributed by atoms with Crippen LogP contribution in [-0.4, -0.2) is 25.6 Å². The summed E-state index contributed by atoms with van der Waals surface area (Å²) < 4.78 is 18.6. The van der Waals surface area contributed by atoms with Crippen molar-refractivity contribution in [3.8, 4) is 0 Å². The largest absolute Gasteiger partial charge is 0.358 e. The van der Waals surface area contributed by atoms with Crippen LogP contribution in [0.4, 0.5) is 0 Å². The molecule has 0 aromatic heterocycles. The average molecular weight is 413 g/mol. The van der Waals surface area contributed by atoms with E-state index in [0.717, 1.165) is 22.3 Å². The summed E-state index contributed by atoms with van der Waals surface area (Å²) in [5, 5.41) is 0. The van der Waals surface area contributed by atoms with Gasteiger partial charge in [-0.2, -0.15) is 0 Å². The third-order valence-corrected chi connectivity index (χ3v) is 5.51. The third kappa shape index (κ3) is 4.40. The molecule has 2 atom stereocenters. The second-order valence-corrected chi connectivity index (χ2v) is 7.42. The van der Waals surface area contributed by atoms with Gasteiger partial charge in [0.2, 0.25) is 0 Å². The Morgan fingerprint density at radius 1 is 0.839 bits per heavy atom. The van der Waals surface area contributed by atoms with Crippen LogP contribution in [-0.2, 0) is 19.8 Å². The number of benzene rings is 3. The molecule has 1 aliphatic heterocycles. The summed E-state index contributed by atoms with van der Waals surface area (Å²) in [4.78, 5) is 0. The van der Waals surface area contributed by atoms with Gasteiger partial charge in [-0.05, 0) is 29.7 Å². The van der Waals surface area contributed by atoms with E-state index in [4.69, 9.17) is 14.2 Å². The maximum atomic E-state index is 6.83. The first kappa shape index (κ1) is 21.3. The van der Waals surface area contributed by atoms with E-state index < -0.39 is 11.9 Å². The summed E-state index contributed by atoms with van der Waals surface area (Å²) in [5.74, 6) is 0. The molecule has 0 radical (unpaired) electrons. The molecule has 0 bridgehead atoms. The predicted octanol–water partition coefficient (Wildman–Crippen LogP) is 5.87. The molecule has 0 fully saturated rings. The van der Waals surface area contributed by atoms with Crippen LogP contribution in [0.3, 0.4) is 0 Å². The summed E-state index contributed by atoms with van der Waals surface area (Å²) in [6.07, 6.45) is 3.22. The maximum Gasteiger partial charge on any atom is 0.184 e. The van der Waals surface area contributed by atoms with Crippen molar-refractivity contribution in [2.24, 2.45) is 0 Å². The first-order chi connectivity index (χ1) is 15.3. The van der Waals surface area contributed by atoms with Crippen LogP contribution in [0, 0.1) is 0 Å². The van der Waals surface area contributed by atoms with E-state index in [1.54, 1.807) is 6.08 Å². The van der Waals surface area contributed by atoms with Crippen LogP contribution in [0.1, 0.15) is 23.6 Å². The van der Waals surface area contributed by atoms with Gasteiger partial charge in [-0.1, -0.05) is 104 Å². The summed E-state index contributed by atoms with van der Waals surface area (Å²) in [6.45, 7) is 6.80. The highest BCUT2D eigenvalue weighted by atomic mass is 16.7. The minimum absolute atomic E-state index is 0.222. The van der Waals surface area contributed by atoms with Gasteiger partial charge < -0.3 is 14.2 Å². The van der Waals surface area contributed by atoms with Crippen molar-refractivity contribution in [3.63, 3.8) is 0 Å². The fourth-order valence-corrected chi connectivity index (χ4v) is 4.08. The summed E-state index contributed by atoms with van der Waals surface area (Å²) in [5.41, 5.74) is 3.39. The minimum Gasteiger partial charge on any atom is -0.358 e. The summed E-state index contributed by atoms with van der Waals surface area (Å²) in [7, 11) is 0. The zero-order chi connectivity index (χ0) is 21.5. The van der Waals surface area contributed by atoms with Crippen molar-refractivity contribution < 1.29 is 14.2 Å². The molecule has 1 heterocycles. The molecule has 158 valence electrons. The van der Waals surface area contributed by atoms with Gasteiger partial charge in [0.05, 0.1) is 6.61 Å². The average Bonchev–Trinajstić information content (AvgIpc) is 3.24. The van der Waals surface area contributed by atoms with Gasteiger partial charge >= 0.3 is 0 Å². The Labute approximate surface area is 184 Å². The van der Waals surface area contributed by atoms with Crippen LogP contribution in [0.25, 0.3) is 0 Å². The topological polar surface area (TPSA) is 27.7 Å². The van der Waals surface area contributed by atoms with Crippen molar-refractivity contribution >= 4 is 0 Å². The SMILES string of the molecule is C=CC1=C[C@@H](COC(c2ccccc2)(c2ccccc2)c2ccccc2)O[C@@H]1OCC. The molecule has 3 aromatic carbocycles. The standard InChI is InChI=1S/C28H28O3/c1-3-22-20-26(31-27(22)29-4-2)21-30-28(23-14-8-5-9-15-23,24-16-10-6-11-17-24)25-18-12-7-13-19-25/h3,5-20,26-27H,1,4,21H2,2H3/t26-,27-/m0/s1. The molecule has 3 nitrogen and oxygen atoms in total. The van der Waals surface area contributed by atoms with Crippen molar-refractivity contribution in [2.75, 3.05) is 13.2 Å². The second-order valence-electron chi connectivity index (χ2n) is 7.42. The summed E-state index contributed by atoms with van der Waals surface area (Å²) in [6, 6.07) is 31.0. The lowest BCUT2D eigenvalue weighted by Crippen LogP contribution is -2.36. The molecule has 0 amide bonds. The fourth-order valence-electron chi connectivity index (χ4n) is 4.08. The maximum absolute atomic E-state index is 6.83. The van der Waals surface area contributed by atoms with Gasteiger partial charge in [0.25, 0.3) is 0 Å². The predicted molar refractivity (Wildman–Crippen MR) is 124 cm³/mol. The van der Waals surface area contributed by atoms with Crippen molar-refractivity contribution in [1.29, 1.82) is 0 Å². The van der Waals surface area contributed by atoms with Gasteiger partial charge in [-0.3, -0.25) is 0 Å². The lowest BCUT2D eigenvalue weighted by atomic mass is 9.80. The molecule has 3 heteroatoms. The Balaban J connectivity index is 1.75. The molecule has 0 saturated heterocycles. The lowest BCUT2D eigenvalue weighted by Gasteiger charge is -2.36. The van der Waals surface area contributed by atoms with E-state index in [1.165, 1.54) is 0 Å². The van der Waals surface area contributed by atoms with Gasteiger partial charge in [-0.25, -0.2) is 0 Å². The van der Waals surface area contributed by atoms with Crippen molar-refractivity contribution in [3.05, 3.63) is 132 Å². The van der Waals surface area contributed by atoms with Crippen LogP contribution >= 0.6 is 0 Å². The Kier molecular flexibility index (Phi) is 6.78. The molecule has 1 aliphatic rings. The molecule has 0 spiro atoms. The highest BCUT2D eigenvalue weighted by molar-refractivity contribution is 5.47. The van der Waals surface area contributed by atoms with Crippen LogP contribution in [0.15, 0.2) is 115 Å². The molecule has 0 unspecified atom stereocenters. The highest BCUT2D eigenvalue weighted by Gasteiger charge is 2.39. The number of hydrogen-bond donors (Lipinski definition) is 0. The van der Waals surface area contributed by atoms with Gasteiger partial charge in [-0.15, -0.1) is 0 Å². The van der Waals surface area contributed by atoms with E-state index in [-0.39, 0.29) is 6.10 Å². The molecule has 0 aliphatic carbocycles. The molecule has 3 aromatic rings. The Morgan fingerprint density at radius 3 is 1.74 bits per heavy atom. The molecule has 4 rings (SSSR count). The monoisotopic (exact) mass is 412 g/mol. The van der Waals surface area contributed by atoms with Crippen molar-refractivity contribution in [1.82, 2.24) is 0 Å². The summed E-state index contributed by atoms with van der Waals surface area (Å²) >= 11 is 0. The lowest BCUT2D eigenvalue weighted by molar-refractivity contribution is -0.140. The first-order valence-electron chi connectivity index (χ1n) is 10.7. The zero-order valence-electron chi connectivity index (χ0n) is 17.8. The van der Waals surface area contributed by atoms with Crippen LogP contribution < -0.4 is 0 Å². The smallest absolute Gasteiger partial charge is 0.184 e. The van der Waals surface area contributed by atoms with E-state index >= 15 is 0 Å².